The van der Waals surface area contributed by atoms with Crippen molar-refractivity contribution in [3.8, 4) is 5.75 Å². The molecule has 1 aliphatic heterocycles. The molecule has 146 valence electrons. The molecule has 10 heteroatoms. The number of nitrogens with zero attached hydrogens (tertiary/aromatic N) is 3. The Morgan fingerprint density at radius 2 is 1.61 bits per heavy atom. The third-order valence-corrected chi connectivity index (χ3v) is 4.43. The highest BCUT2D eigenvalue weighted by Gasteiger charge is 2.28. The first-order valence-corrected chi connectivity index (χ1v) is 8.49. The zero-order valence-corrected chi connectivity index (χ0v) is 14.6. The van der Waals surface area contributed by atoms with E-state index in [-0.39, 0.29) is 30.5 Å². The van der Waals surface area contributed by atoms with E-state index in [2.05, 4.69) is 0 Å². The molecule has 0 radical (unpaired) electrons. The predicted octanol–water partition coefficient (Wildman–Crippen LogP) is 3.33. The van der Waals surface area contributed by atoms with E-state index in [1.54, 1.807) is 12.1 Å². The number of para-hydroxylation sites is 1. The van der Waals surface area contributed by atoms with Crippen molar-refractivity contribution in [1.29, 1.82) is 0 Å². The highest BCUT2D eigenvalue weighted by atomic mass is 19.1. The first-order chi connectivity index (χ1) is 13.3. The van der Waals surface area contributed by atoms with Gasteiger partial charge in [0, 0.05) is 38.1 Å². The van der Waals surface area contributed by atoms with Gasteiger partial charge in [-0.25, -0.2) is 4.39 Å². The molecule has 0 bridgehead atoms. The van der Waals surface area contributed by atoms with E-state index in [9.17, 15) is 29.4 Å². The van der Waals surface area contributed by atoms with Crippen molar-refractivity contribution >= 4 is 17.3 Å². The van der Waals surface area contributed by atoms with Gasteiger partial charge in [-0.05, 0) is 12.1 Å². The molecule has 1 fully saturated rings. The average molecular weight is 389 g/mol. The molecule has 3 rings (SSSR count). The number of benzene rings is 2. The molecule has 1 amide bonds. The van der Waals surface area contributed by atoms with E-state index in [1.165, 1.54) is 17.0 Å². The van der Waals surface area contributed by atoms with E-state index in [4.69, 9.17) is 4.74 Å². The molecule has 1 saturated heterocycles. The highest BCUT2D eigenvalue weighted by molar-refractivity contribution is 5.95. The van der Waals surface area contributed by atoms with Crippen LogP contribution in [0.1, 0.15) is 23.2 Å². The van der Waals surface area contributed by atoms with Crippen molar-refractivity contribution in [2.24, 2.45) is 0 Å². The summed E-state index contributed by atoms with van der Waals surface area (Å²) in [5.41, 5.74) is -1.15. The smallest absolute Gasteiger partial charge is 0.277 e. The Labute approximate surface area is 158 Å². The molecule has 0 spiro atoms. The Morgan fingerprint density at radius 1 is 1.04 bits per heavy atom. The van der Waals surface area contributed by atoms with Gasteiger partial charge in [0.05, 0.1) is 21.5 Å². The average Bonchev–Trinajstić information content (AvgIpc) is 2.69. The minimum Gasteiger partial charge on any atom is -0.487 e. The van der Waals surface area contributed by atoms with Gasteiger partial charge in [-0.15, -0.1) is 0 Å². The molecular formula is C18H16FN3O6. The van der Waals surface area contributed by atoms with Crippen LogP contribution >= 0.6 is 0 Å². The van der Waals surface area contributed by atoms with Gasteiger partial charge in [0.25, 0.3) is 17.3 Å². The van der Waals surface area contributed by atoms with Crippen LogP contribution in [0.15, 0.2) is 42.5 Å². The maximum atomic E-state index is 13.7. The summed E-state index contributed by atoms with van der Waals surface area (Å²) in [6, 6.07) is 8.89. The molecule has 28 heavy (non-hydrogen) atoms. The fraction of sp³-hybridized carbons (Fsp3) is 0.278. The van der Waals surface area contributed by atoms with Gasteiger partial charge in [0.1, 0.15) is 6.10 Å². The lowest BCUT2D eigenvalue weighted by Crippen LogP contribution is -2.41. The Hall–Kier alpha value is -3.56. The van der Waals surface area contributed by atoms with Crippen LogP contribution in [-0.4, -0.2) is 39.8 Å². The Balaban J connectivity index is 1.69. The van der Waals surface area contributed by atoms with E-state index < -0.39 is 32.9 Å². The lowest BCUT2D eigenvalue weighted by atomic mass is 10.1. The SMILES string of the molecule is O=C(c1cc([N+](=O)[O-])cc([N+](=O)[O-])c1)N1CCC(Oc2ccccc2F)CC1. The molecule has 0 aliphatic carbocycles. The number of hydrogen-bond donors (Lipinski definition) is 0. The third kappa shape index (κ3) is 4.22. The van der Waals surface area contributed by atoms with Crippen molar-refractivity contribution in [3.63, 3.8) is 0 Å². The molecule has 9 nitrogen and oxygen atoms in total. The van der Waals surface area contributed by atoms with Crippen LogP contribution in [0.5, 0.6) is 5.75 Å². The molecule has 1 aliphatic rings. The van der Waals surface area contributed by atoms with Crippen LogP contribution in [0.25, 0.3) is 0 Å². The summed E-state index contributed by atoms with van der Waals surface area (Å²) in [5.74, 6) is -0.859. The van der Waals surface area contributed by atoms with Gasteiger partial charge in [0.15, 0.2) is 11.6 Å². The predicted molar refractivity (Wildman–Crippen MR) is 95.7 cm³/mol. The van der Waals surface area contributed by atoms with Crippen LogP contribution in [0.3, 0.4) is 0 Å². The fourth-order valence-electron chi connectivity index (χ4n) is 3.01. The number of ether oxygens (including phenoxy) is 1. The van der Waals surface area contributed by atoms with Crippen molar-refractivity contribution < 1.29 is 23.8 Å². The lowest BCUT2D eigenvalue weighted by molar-refractivity contribution is -0.394. The molecule has 0 unspecified atom stereocenters. The summed E-state index contributed by atoms with van der Waals surface area (Å²) in [7, 11) is 0. The number of rotatable bonds is 5. The monoisotopic (exact) mass is 389 g/mol. The second-order valence-corrected chi connectivity index (χ2v) is 6.29. The zero-order valence-electron chi connectivity index (χ0n) is 14.6. The number of amides is 1. The fourth-order valence-corrected chi connectivity index (χ4v) is 3.01. The van der Waals surface area contributed by atoms with Gasteiger partial charge in [-0.3, -0.25) is 25.0 Å². The topological polar surface area (TPSA) is 116 Å². The second kappa shape index (κ2) is 7.99. The van der Waals surface area contributed by atoms with E-state index in [1.807, 2.05) is 0 Å². The Morgan fingerprint density at radius 3 is 2.14 bits per heavy atom. The number of carbonyl (C=O) groups is 1. The van der Waals surface area contributed by atoms with Gasteiger partial charge in [-0.1, -0.05) is 12.1 Å². The number of piperidine rings is 1. The van der Waals surface area contributed by atoms with Crippen LogP contribution < -0.4 is 4.74 Å². The van der Waals surface area contributed by atoms with E-state index in [0.29, 0.717) is 12.8 Å². The highest BCUT2D eigenvalue weighted by Crippen LogP contribution is 2.26. The molecule has 1 heterocycles. The van der Waals surface area contributed by atoms with Gasteiger partial charge < -0.3 is 9.64 Å². The molecule has 0 N–H and O–H groups in total. The second-order valence-electron chi connectivity index (χ2n) is 6.29. The number of non-ortho nitro benzene ring substituents is 2. The molecule has 2 aromatic carbocycles. The van der Waals surface area contributed by atoms with Crippen molar-refractivity contribution in [3.05, 3.63) is 74.1 Å². The summed E-state index contributed by atoms with van der Waals surface area (Å²) in [4.78, 5) is 34.5. The third-order valence-electron chi connectivity index (χ3n) is 4.43. The van der Waals surface area contributed by atoms with Gasteiger partial charge in [0.2, 0.25) is 0 Å². The van der Waals surface area contributed by atoms with Crippen LogP contribution in [0.2, 0.25) is 0 Å². The van der Waals surface area contributed by atoms with Crippen molar-refractivity contribution in [2.75, 3.05) is 13.1 Å². The molecular weight excluding hydrogens is 373 g/mol. The molecule has 0 aromatic heterocycles. The molecule has 0 atom stereocenters. The minimum absolute atomic E-state index is 0.116. The van der Waals surface area contributed by atoms with Crippen molar-refractivity contribution in [1.82, 2.24) is 4.90 Å². The summed E-state index contributed by atoms with van der Waals surface area (Å²) >= 11 is 0. The van der Waals surface area contributed by atoms with Gasteiger partial charge in [-0.2, -0.15) is 0 Å². The molecule has 2 aromatic rings. The zero-order chi connectivity index (χ0) is 20.3. The van der Waals surface area contributed by atoms with Crippen LogP contribution in [-0.2, 0) is 0 Å². The summed E-state index contributed by atoms with van der Waals surface area (Å²) < 4.78 is 19.3. The standard InChI is InChI=1S/C18H16FN3O6/c19-16-3-1-2-4-17(16)28-15-5-7-20(8-6-15)18(23)12-9-13(21(24)25)11-14(10-12)22(26)27/h1-4,9-11,15H,5-8H2. The Kier molecular flexibility index (Phi) is 5.48. The first kappa shape index (κ1) is 19.2. The van der Waals surface area contributed by atoms with Crippen molar-refractivity contribution in [2.45, 2.75) is 18.9 Å². The lowest BCUT2D eigenvalue weighted by Gasteiger charge is -2.32. The minimum atomic E-state index is -0.780. The molecule has 0 saturated carbocycles. The van der Waals surface area contributed by atoms with Crippen LogP contribution in [0, 0.1) is 26.0 Å². The normalized spacial score (nSPS) is 14.5. The number of halogens is 1. The summed E-state index contributed by atoms with van der Waals surface area (Å²) in [6.07, 6.45) is 0.606. The van der Waals surface area contributed by atoms with Gasteiger partial charge >= 0.3 is 0 Å². The first-order valence-electron chi connectivity index (χ1n) is 8.49. The maximum absolute atomic E-state index is 13.7. The maximum Gasteiger partial charge on any atom is 0.277 e. The largest absolute Gasteiger partial charge is 0.487 e. The van der Waals surface area contributed by atoms with E-state index >= 15 is 0 Å². The quantitative estimate of drug-likeness (QED) is 0.572. The number of nitro benzene ring substituents is 2. The number of nitro groups is 2. The summed E-state index contributed by atoms with van der Waals surface area (Å²) in [6.45, 7) is 0.572. The number of likely N-dealkylation sites (tertiary alicyclic amines) is 1. The van der Waals surface area contributed by atoms with Crippen LogP contribution in [0.4, 0.5) is 15.8 Å². The Bertz CT molecular complexity index is 895. The number of carbonyl (C=O) groups excluding carboxylic acids is 1. The van der Waals surface area contributed by atoms with E-state index in [0.717, 1.165) is 18.2 Å². The summed E-state index contributed by atoms with van der Waals surface area (Å²) in [5, 5.41) is 22.0. The number of hydrogen-bond acceptors (Lipinski definition) is 6.